The first-order chi connectivity index (χ1) is 20.5. The number of aromatic amines is 2. The van der Waals surface area contributed by atoms with Gasteiger partial charge < -0.3 is 31.0 Å². The topological polar surface area (TPSA) is 139 Å². The van der Waals surface area contributed by atoms with E-state index in [9.17, 15) is 19.5 Å². The first-order valence-electron chi connectivity index (χ1n) is 15.1. The van der Waals surface area contributed by atoms with E-state index in [4.69, 9.17) is 0 Å². The third-order valence-corrected chi connectivity index (χ3v) is 7.77. The van der Waals surface area contributed by atoms with Crippen molar-refractivity contribution in [3.05, 3.63) is 72.1 Å². The average molecular weight is 574 g/mol. The maximum atomic E-state index is 13.5. The molecule has 0 saturated carbocycles. The smallest absolute Gasteiger partial charge is 0.405 e. The summed E-state index contributed by atoms with van der Waals surface area (Å²) in [5.41, 5.74) is 3.56. The standard InChI is InChI=1S/C33H43N5O4/c1-2-3-4-5-6-7-8-13-18-34-31(39)29(19-23-21-35-27-16-11-9-14-25(23)27)37-32(40)30(38-33(41)42)20-24-22-36-28-17-12-10-15-26(24)28/h9-12,14-17,21-22,29-30,35-36,38H,2-8,13,18-20H2,1H3,(H,34,39)(H,37,40)(H,41,42)/t29-,30-/m0/s1. The minimum atomic E-state index is -1.30. The van der Waals surface area contributed by atoms with Gasteiger partial charge in [0.1, 0.15) is 12.1 Å². The fraction of sp³-hybridized carbons (Fsp3) is 0.424. The molecule has 4 rings (SSSR count). The lowest BCUT2D eigenvalue weighted by Gasteiger charge is -2.22. The Labute approximate surface area is 246 Å². The molecule has 9 heteroatoms. The number of amides is 3. The zero-order valence-electron chi connectivity index (χ0n) is 24.4. The minimum absolute atomic E-state index is 0.141. The largest absolute Gasteiger partial charge is 0.465 e. The van der Waals surface area contributed by atoms with Crippen LogP contribution in [0.5, 0.6) is 0 Å². The number of aromatic nitrogens is 2. The SMILES string of the molecule is CCCCCCCCCCNC(=O)[C@H](Cc1c[nH]c2ccccc12)NC(=O)[C@H](Cc1c[nH]c2ccccc12)NC(=O)O. The van der Waals surface area contributed by atoms with Gasteiger partial charge in [-0.25, -0.2) is 4.79 Å². The number of carbonyl (C=O) groups excluding carboxylic acids is 2. The molecule has 0 radical (unpaired) electrons. The van der Waals surface area contributed by atoms with Gasteiger partial charge in [-0.15, -0.1) is 0 Å². The molecule has 2 heterocycles. The summed E-state index contributed by atoms with van der Waals surface area (Å²) < 4.78 is 0. The number of H-pyrrole nitrogens is 2. The average Bonchev–Trinajstić information content (AvgIpc) is 3.59. The molecular formula is C33H43N5O4. The molecule has 4 aromatic rings. The van der Waals surface area contributed by atoms with Crippen LogP contribution in [-0.2, 0) is 22.4 Å². The van der Waals surface area contributed by atoms with E-state index in [0.29, 0.717) is 6.54 Å². The lowest BCUT2D eigenvalue weighted by molar-refractivity contribution is -0.129. The molecule has 2 atom stereocenters. The Bertz CT molecular complexity index is 1460. The molecule has 0 unspecified atom stereocenters. The van der Waals surface area contributed by atoms with Crippen LogP contribution in [-0.4, -0.2) is 51.6 Å². The third kappa shape index (κ3) is 8.61. The van der Waals surface area contributed by atoms with Crippen molar-refractivity contribution in [3.8, 4) is 0 Å². The van der Waals surface area contributed by atoms with Crippen molar-refractivity contribution in [1.29, 1.82) is 0 Å². The van der Waals surface area contributed by atoms with Crippen LogP contribution in [0, 0.1) is 0 Å². The van der Waals surface area contributed by atoms with Crippen LogP contribution in [0.4, 0.5) is 4.79 Å². The molecule has 3 amide bonds. The van der Waals surface area contributed by atoms with Gasteiger partial charge >= 0.3 is 6.09 Å². The molecule has 2 aromatic carbocycles. The number of rotatable bonds is 17. The van der Waals surface area contributed by atoms with Crippen LogP contribution in [0.1, 0.15) is 69.4 Å². The summed E-state index contributed by atoms with van der Waals surface area (Å²) in [6, 6.07) is 13.5. The minimum Gasteiger partial charge on any atom is -0.465 e. The summed E-state index contributed by atoms with van der Waals surface area (Å²) in [6.45, 7) is 2.74. The van der Waals surface area contributed by atoms with Gasteiger partial charge in [-0.2, -0.15) is 0 Å². The second-order valence-corrected chi connectivity index (χ2v) is 11.0. The zero-order chi connectivity index (χ0) is 29.7. The summed E-state index contributed by atoms with van der Waals surface area (Å²) in [5, 5.41) is 19.6. The summed E-state index contributed by atoms with van der Waals surface area (Å²) >= 11 is 0. The van der Waals surface area contributed by atoms with E-state index in [2.05, 4.69) is 32.8 Å². The number of nitrogens with one attached hydrogen (secondary N) is 5. The maximum Gasteiger partial charge on any atom is 0.405 e. The van der Waals surface area contributed by atoms with E-state index in [-0.39, 0.29) is 18.7 Å². The van der Waals surface area contributed by atoms with E-state index >= 15 is 0 Å². The molecule has 42 heavy (non-hydrogen) atoms. The normalized spacial score (nSPS) is 12.7. The summed E-state index contributed by atoms with van der Waals surface area (Å²) in [6.07, 6.45) is 12.1. The molecule has 6 N–H and O–H groups in total. The fourth-order valence-corrected chi connectivity index (χ4v) is 5.47. The van der Waals surface area contributed by atoms with Crippen LogP contribution >= 0.6 is 0 Å². The second-order valence-electron chi connectivity index (χ2n) is 11.0. The van der Waals surface area contributed by atoms with Crippen LogP contribution in [0.3, 0.4) is 0 Å². The number of hydrogen-bond donors (Lipinski definition) is 6. The molecule has 0 spiro atoms. The highest BCUT2D eigenvalue weighted by atomic mass is 16.4. The molecule has 0 aliphatic carbocycles. The van der Waals surface area contributed by atoms with E-state index < -0.39 is 24.1 Å². The van der Waals surface area contributed by atoms with Crippen molar-refractivity contribution < 1.29 is 19.5 Å². The van der Waals surface area contributed by atoms with Crippen LogP contribution in [0.2, 0.25) is 0 Å². The Hall–Kier alpha value is -4.27. The lowest BCUT2D eigenvalue weighted by Crippen LogP contribution is -2.55. The molecule has 0 bridgehead atoms. The summed E-state index contributed by atoms with van der Waals surface area (Å²) in [5.74, 6) is -0.826. The number of hydrogen-bond acceptors (Lipinski definition) is 3. The number of fused-ring (bicyclic) bond motifs is 2. The third-order valence-electron chi connectivity index (χ3n) is 7.77. The lowest BCUT2D eigenvalue weighted by atomic mass is 10.0. The molecule has 0 aliphatic rings. The van der Waals surface area contributed by atoms with Gasteiger partial charge in [0.2, 0.25) is 11.8 Å². The molecule has 224 valence electrons. The predicted octanol–water partition coefficient (Wildman–Crippen LogP) is 5.81. The summed E-state index contributed by atoms with van der Waals surface area (Å²) in [4.78, 5) is 45.0. The number of carbonyl (C=O) groups is 3. The summed E-state index contributed by atoms with van der Waals surface area (Å²) in [7, 11) is 0. The highest BCUT2D eigenvalue weighted by Crippen LogP contribution is 2.21. The number of para-hydroxylation sites is 2. The van der Waals surface area contributed by atoms with Gasteiger partial charge in [0, 0.05) is 53.6 Å². The number of benzene rings is 2. The van der Waals surface area contributed by atoms with Gasteiger partial charge in [0.05, 0.1) is 0 Å². The van der Waals surface area contributed by atoms with E-state index in [0.717, 1.165) is 52.2 Å². The predicted molar refractivity (Wildman–Crippen MR) is 167 cm³/mol. The van der Waals surface area contributed by atoms with Crippen LogP contribution in [0.15, 0.2) is 60.9 Å². The van der Waals surface area contributed by atoms with Crippen molar-refractivity contribution >= 4 is 39.7 Å². The Morgan fingerprint density at radius 1 is 0.690 bits per heavy atom. The van der Waals surface area contributed by atoms with Crippen molar-refractivity contribution in [2.45, 2.75) is 83.2 Å². The fourth-order valence-electron chi connectivity index (χ4n) is 5.47. The number of carboxylic acid groups (broad SMARTS) is 1. The van der Waals surface area contributed by atoms with Gasteiger partial charge in [-0.3, -0.25) is 9.59 Å². The Morgan fingerprint density at radius 2 is 1.19 bits per heavy atom. The van der Waals surface area contributed by atoms with Crippen LogP contribution < -0.4 is 16.0 Å². The molecule has 2 aromatic heterocycles. The highest BCUT2D eigenvalue weighted by molar-refractivity contribution is 5.93. The maximum absolute atomic E-state index is 13.5. The Kier molecular flexibility index (Phi) is 11.4. The van der Waals surface area contributed by atoms with Crippen molar-refractivity contribution in [1.82, 2.24) is 25.9 Å². The van der Waals surface area contributed by atoms with Gasteiger partial charge in [-0.05, 0) is 29.7 Å². The second kappa shape index (κ2) is 15.7. The monoisotopic (exact) mass is 573 g/mol. The van der Waals surface area contributed by atoms with Gasteiger partial charge in [0.15, 0.2) is 0 Å². The molecule has 9 nitrogen and oxygen atoms in total. The number of unbranched alkanes of at least 4 members (excludes halogenated alkanes) is 7. The zero-order valence-corrected chi connectivity index (χ0v) is 24.4. The van der Waals surface area contributed by atoms with Crippen molar-refractivity contribution in [2.24, 2.45) is 0 Å². The van der Waals surface area contributed by atoms with Gasteiger partial charge in [-0.1, -0.05) is 88.3 Å². The molecule has 0 aliphatic heterocycles. The Balaban J connectivity index is 1.43. The first-order valence-corrected chi connectivity index (χ1v) is 15.1. The van der Waals surface area contributed by atoms with Crippen molar-refractivity contribution in [3.63, 3.8) is 0 Å². The van der Waals surface area contributed by atoms with Gasteiger partial charge in [0.25, 0.3) is 0 Å². The van der Waals surface area contributed by atoms with Crippen molar-refractivity contribution in [2.75, 3.05) is 6.54 Å². The first kappa shape index (κ1) is 30.7. The van der Waals surface area contributed by atoms with E-state index in [1.165, 1.54) is 32.1 Å². The van der Waals surface area contributed by atoms with Crippen LogP contribution in [0.25, 0.3) is 21.8 Å². The molecule has 0 fully saturated rings. The van der Waals surface area contributed by atoms with E-state index in [1.54, 1.807) is 6.20 Å². The quantitative estimate of drug-likeness (QED) is 0.0887. The Morgan fingerprint density at radius 3 is 1.74 bits per heavy atom. The highest BCUT2D eigenvalue weighted by Gasteiger charge is 2.28. The van der Waals surface area contributed by atoms with E-state index in [1.807, 2.05) is 54.7 Å². The molecular weight excluding hydrogens is 530 g/mol. The molecule has 0 saturated heterocycles.